The van der Waals surface area contributed by atoms with E-state index in [1.165, 1.54) is 0 Å². The number of rotatable bonds is 1. The van der Waals surface area contributed by atoms with E-state index < -0.39 is 0 Å². The molecule has 0 bridgehead atoms. The molecule has 0 aromatic carbocycles. The van der Waals surface area contributed by atoms with Gasteiger partial charge in [0.25, 0.3) is 0 Å². The third kappa shape index (κ3) is 1.23. The van der Waals surface area contributed by atoms with Crippen LogP contribution in [-0.2, 0) is 0 Å². The van der Waals surface area contributed by atoms with E-state index in [4.69, 9.17) is 0 Å². The molecule has 5 nitrogen and oxygen atoms in total. The molecule has 3 heterocycles. The minimum absolute atomic E-state index is 0.755. The molecule has 0 saturated heterocycles. The molecular weight excluding hydrogens is 222 g/mol. The standard InChI is InChI=1S/C10H9N5S/c1-5-3-4-6-7-8(16-10(6)12-5)9(11-2)14-15-13-7/h3-4H,1-2H3,(H,11,13,14). The molecule has 0 aliphatic carbocycles. The molecule has 16 heavy (non-hydrogen) atoms. The van der Waals surface area contributed by atoms with Crippen molar-refractivity contribution in [3.63, 3.8) is 0 Å². The number of nitrogens with one attached hydrogen (secondary N) is 1. The summed E-state index contributed by atoms with van der Waals surface area (Å²) in [6, 6.07) is 4.01. The zero-order valence-corrected chi connectivity index (χ0v) is 9.67. The van der Waals surface area contributed by atoms with Gasteiger partial charge in [-0.05, 0) is 24.3 Å². The lowest BCUT2D eigenvalue weighted by Crippen LogP contribution is -1.95. The third-order valence-electron chi connectivity index (χ3n) is 2.41. The van der Waals surface area contributed by atoms with Crippen LogP contribution >= 0.6 is 11.3 Å². The second kappa shape index (κ2) is 3.34. The number of nitrogens with zero attached hydrogens (tertiary/aromatic N) is 4. The largest absolute Gasteiger partial charge is 0.370 e. The van der Waals surface area contributed by atoms with Gasteiger partial charge in [0.2, 0.25) is 0 Å². The molecule has 0 fully saturated rings. The van der Waals surface area contributed by atoms with Gasteiger partial charge < -0.3 is 5.32 Å². The van der Waals surface area contributed by atoms with Gasteiger partial charge in [0.15, 0.2) is 5.82 Å². The highest BCUT2D eigenvalue weighted by Crippen LogP contribution is 2.33. The lowest BCUT2D eigenvalue weighted by molar-refractivity contribution is 0.902. The summed E-state index contributed by atoms with van der Waals surface area (Å²) in [4.78, 5) is 5.46. The van der Waals surface area contributed by atoms with Gasteiger partial charge in [0.1, 0.15) is 15.0 Å². The molecule has 80 valence electrons. The summed E-state index contributed by atoms with van der Waals surface area (Å²) < 4.78 is 1.01. The SMILES string of the molecule is CNc1nnnc2c1sc1nc(C)ccc12. The average Bonchev–Trinajstić information content (AvgIpc) is 2.65. The Morgan fingerprint density at radius 1 is 1.25 bits per heavy atom. The number of hydrogen-bond donors (Lipinski definition) is 1. The maximum atomic E-state index is 4.48. The van der Waals surface area contributed by atoms with E-state index in [0.717, 1.165) is 31.9 Å². The molecule has 1 N–H and O–H groups in total. The van der Waals surface area contributed by atoms with E-state index in [9.17, 15) is 0 Å². The molecule has 0 saturated carbocycles. The molecule has 3 rings (SSSR count). The highest BCUT2D eigenvalue weighted by molar-refractivity contribution is 7.25. The van der Waals surface area contributed by atoms with Crippen LogP contribution in [0.25, 0.3) is 20.4 Å². The second-order valence-corrected chi connectivity index (χ2v) is 4.47. The summed E-state index contributed by atoms with van der Waals surface area (Å²) in [5.41, 5.74) is 1.87. The highest BCUT2D eigenvalue weighted by atomic mass is 32.1. The Labute approximate surface area is 95.5 Å². The number of aryl methyl sites for hydroxylation is 1. The van der Waals surface area contributed by atoms with Gasteiger partial charge in [-0.2, -0.15) is 0 Å². The summed E-state index contributed by atoms with van der Waals surface area (Å²) in [5, 5.41) is 15.8. The van der Waals surface area contributed by atoms with Gasteiger partial charge in [-0.15, -0.1) is 21.5 Å². The van der Waals surface area contributed by atoms with Gasteiger partial charge in [-0.1, -0.05) is 0 Å². The minimum Gasteiger partial charge on any atom is -0.370 e. The molecular formula is C10H9N5S. The number of thiophene rings is 1. The van der Waals surface area contributed by atoms with Gasteiger partial charge in [0.05, 0.1) is 0 Å². The molecule has 3 aromatic heterocycles. The van der Waals surface area contributed by atoms with E-state index in [2.05, 4.69) is 25.7 Å². The van der Waals surface area contributed by atoms with Crippen LogP contribution in [-0.4, -0.2) is 27.4 Å². The van der Waals surface area contributed by atoms with Crippen LogP contribution in [0.3, 0.4) is 0 Å². The first-order chi connectivity index (χ1) is 7.79. The van der Waals surface area contributed by atoms with Crippen LogP contribution in [0.2, 0.25) is 0 Å². The molecule has 0 spiro atoms. The van der Waals surface area contributed by atoms with Crippen molar-refractivity contribution in [3.8, 4) is 0 Å². The summed E-state index contributed by atoms with van der Waals surface area (Å²) in [7, 11) is 1.83. The van der Waals surface area contributed by atoms with Crippen molar-refractivity contribution in [3.05, 3.63) is 17.8 Å². The number of aromatic nitrogens is 4. The maximum absolute atomic E-state index is 4.48. The number of fused-ring (bicyclic) bond motifs is 3. The van der Waals surface area contributed by atoms with E-state index in [1.807, 2.05) is 26.1 Å². The first-order valence-electron chi connectivity index (χ1n) is 4.86. The minimum atomic E-state index is 0.755. The Balaban J connectivity index is 2.49. The van der Waals surface area contributed by atoms with Crippen molar-refractivity contribution >= 4 is 37.6 Å². The predicted molar refractivity (Wildman–Crippen MR) is 64.8 cm³/mol. The van der Waals surface area contributed by atoms with Crippen molar-refractivity contribution in [1.29, 1.82) is 0 Å². The number of anilines is 1. The molecule has 0 aliphatic rings. The van der Waals surface area contributed by atoms with Crippen LogP contribution < -0.4 is 5.32 Å². The maximum Gasteiger partial charge on any atom is 0.169 e. The summed E-state index contributed by atoms with van der Waals surface area (Å²) in [6.07, 6.45) is 0. The molecule has 0 amide bonds. The Kier molecular flexibility index (Phi) is 1.97. The fourth-order valence-electron chi connectivity index (χ4n) is 1.64. The van der Waals surface area contributed by atoms with E-state index >= 15 is 0 Å². The molecule has 0 unspecified atom stereocenters. The normalized spacial score (nSPS) is 11.1. The summed E-state index contributed by atoms with van der Waals surface area (Å²) >= 11 is 1.59. The Morgan fingerprint density at radius 2 is 2.12 bits per heavy atom. The van der Waals surface area contributed by atoms with Gasteiger partial charge >= 0.3 is 0 Å². The van der Waals surface area contributed by atoms with Crippen LogP contribution in [0, 0.1) is 6.92 Å². The fraction of sp³-hybridized carbons (Fsp3) is 0.200. The van der Waals surface area contributed by atoms with E-state index in [1.54, 1.807) is 11.3 Å². The van der Waals surface area contributed by atoms with Crippen molar-refractivity contribution in [1.82, 2.24) is 20.4 Å². The third-order valence-corrected chi connectivity index (χ3v) is 3.51. The van der Waals surface area contributed by atoms with Gasteiger partial charge in [0, 0.05) is 18.1 Å². The molecule has 3 aromatic rings. The smallest absolute Gasteiger partial charge is 0.169 e. The second-order valence-electron chi connectivity index (χ2n) is 3.47. The van der Waals surface area contributed by atoms with E-state index in [0.29, 0.717) is 0 Å². The summed E-state index contributed by atoms with van der Waals surface area (Å²) in [5.74, 6) is 0.755. The Morgan fingerprint density at radius 3 is 2.94 bits per heavy atom. The van der Waals surface area contributed by atoms with Gasteiger partial charge in [-0.3, -0.25) is 0 Å². The molecule has 0 atom stereocenters. The quantitative estimate of drug-likeness (QED) is 0.693. The Bertz CT molecular complexity index is 675. The van der Waals surface area contributed by atoms with Crippen LogP contribution in [0.1, 0.15) is 5.69 Å². The predicted octanol–water partition coefficient (Wildman–Crippen LogP) is 1.98. The molecule has 0 aliphatic heterocycles. The zero-order chi connectivity index (χ0) is 11.1. The van der Waals surface area contributed by atoms with Crippen molar-refractivity contribution in [2.24, 2.45) is 0 Å². The fourth-order valence-corrected chi connectivity index (χ4v) is 2.78. The first kappa shape index (κ1) is 9.41. The Hall–Kier alpha value is -1.82. The number of hydrogen-bond acceptors (Lipinski definition) is 6. The number of pyridine rings is 1. The molecule has 6 heteroatoms. The van der Waals surface area contributed by atoms with Crippen molar-refractivity contribution in [2.75, 3.05) is 12.4 Å². The van der Waals surface area contributed by atoms with Crippen molar-refractivity contribution in [2.45, 2.75) is 6.92 Å². The average molecular weight is 231 g/mol. The topological polar surface area (TPSA) is 63.6 Å². The first-order valence-corrected chi connectivity index (χ1v) is 5.68. The summed E-state index contributed by atoms with van der Waals surface area (Å²) in [6.45, 7) is 1.98. The van der Waals surface area contributed by atoms with Crippen LogP contribution in [0.15, 0.2) is 12.1 Å². The zero-order valence-electron chi connectivity index (χ0n) is 8.85. The van der Waals surface area contributed by atoms with Gasteiger partial charge in [-0.25, -0.2) is 4.98 Å². The monoisotopic (exact) mass is 231 g/mol. The molecule has 0 radical (unpaired) electrons. The lowest BCUT2D eigenvalue weighted by atomic mass is 10.3. The van der Waals surface area contributed by atoms with Crippen LogP contribution in [0.5, 0.6) is 0 Å². The lowest BCUT2D eigenvalue weighted by Gasteiger charge is -1.96. The van der Waals surface area contributed by atoms with E-state index in [-0.39, 0.29) is 0 Å². The van der Waals surface area contributed by atoms with Crippen molar-refractivity contribution < 1.29 is 0 Å². The van der Waals surface area contributed by atoms with Crippen LogP contribution in [0.4, 0.5) is 5.82 Å². The highest BCUT2D eigenvalue weighted by Gasteiger charge is 2.11.